The molecule has 0 saturated heterocycles. The van der Waals surface area contributed by atoms with Crippen LogP contribution in [0.2, 0.25) is 0 Å². The Kier molecular flexibility index (Phi) is 1.84. The summed E-state index contributed by atoms with van der Waals surface area (Å²) in [6, 6.07) is 9.57. The molecule has 3 heteroatoms. The second-order valence-corrected chi connectivity index (χ2v) is 4.03. The van der Waals surface area contributed by atoms with Crippen LogP contribution in [0.1, 0.15) is 17.7 Å². The number of hydrogen-bond acceptors (Lipinski definition) is 2. The number of fused-ring (bicyclic) bond motifs is 3. The average molecular weight is 210 g/mol. The van der Waals surface area contributed by atoms with Crippen molar-refractivity contribution in [3.63, 3.8) is 0 Å². The Morgan fingerprint density at radius 1 is 1.31 bits per heavy atom. The molecule has 3 rings (SSSR count). The SMILES string of the molecule is N#Cc1c2n(c3ccccc3c1=O)CCC2. The fourth-order valence-corrected chi connectivity index (χ4v) is 2.48. The van der Waals surface area contributed by atoms with E-state index in [4.69, 9.17) is 5.26 Å². The first-order valence-electron chi connectivity index (χ1n) is 5.37. The van der Waals surface area contributed by atoms with Gasteiger partial charge in [-0.05, 0) is 25.0 Å². The molecule has 78 valence electrons. The van der Waals surface area contributed by atoms with Crippen LogP contribution in [0.15, 0.2) is 29.1 Å². The highest BCUT2D eigenvalue weighted by atomic mass is 16.1. The molecule has 1 aliphatic rings. The number of benzene rings is 1. The Bertz CT molecular complexity index is 677. The van der Waals surface area contributed by atoms with E-state index >= 15 is 0 Å². The molecule has 3 nitrogen and oxygen atoms in total. The molecule has 0 radical (unpaired) electrons. The molecule has 0 fully saturated rings. The van der Waals surface area contributed by atoms with E-state index in [2.05, 4.69) is 10.6 Å². The third-order valence-corrected chi connectivity index (χ3v) is 3.19. The van der Waals surface area contributed by atoms with Crippen molar-refractivity contribution in [3.05, 3.63) is 45.7 Å². The number of nitrogens with zero attached hydrogens (tertiary/aromatic N) is 2. The van der Waals surface area contributed by atoms with E-state index in [1.807, 2.05) is 18.2 Å². The van der Waals surface area contributed by atoms with Crippen molar-refractivity contribution in [3.8, 4) is 6.07 Å². The predicted octanol–water partition coefficient (Wildman–Crippen LogP) is 1.82. The van der Waals surface area contributed by atoms with Gasteiger partial charge in [-0.2, -0.15) is 5.26 Å². The number of pyridine rings is 1. The van der Waals surface area contributed by atoms with Gasteiger partial charge in [-0.1, -0.05) is 12.1 Å². The third kappa shape index (κ3) is 1.04. The van der Waals surface area contributed by atoms with E-state index in [0.29, 0.717) is 10.9 Å². The molecule has 16 heavy (non-hydrogen) atoms. The van der Waals surface area contributed by atoms with Crippen molar-refractivity contribution < 1.29 is 0 Å². The largest absolute Gasteiger partial charge is 0.343 e. The number of aryl methyl sites for hydroxylation is 1. The lowest BCUT2D eigenvalue weighted by Gasteiger charge is -2.09. The maximum absolute atomic E-state index is 12.1. The highest BCUT2D eigenvalue weighted by Gasteiger charge is 2.19. The quantitative estimate of drug-likeness (QED) is 0.665. The van der Waals surface area contributed by atoms with Crippen LogP contribution in [0.25, 0.3) is 10.9 Å². The van der Waals surface area contributed by atoms with Crippen molar-refractivity contribution in [2.75, 3.05) is 0 Å². The van der Waals surface area contributed by atoms with Gasteiger partial charge < -0.3 is 4.57 Å². The van der Waals surface area contributed by atoms with Crippen LogP contribution in [-0.4, -0.2) is 4.57 Å². The first-order valence-corrected chi connectivity index (χ1v) is 5.37. The zero-order valence-corrected chi connectivity index (χ0v) is 8.73. The van der Waals surface area contributed by atoms with Gasteiger partial charge in [0.1, 0.15) is 11.6 Å². The Morgan fingerprint density at radius 3 is 2.94 bits per heavy atom. The normalized spacial score (nSPS) is 13.7. The minimum atomic E-state index is -0.119. The van der Waals surface area contributed by atoms with Crippen molar-refractivity contribution in [1.82, 2.24) is 4.57 Å². The molecular weight excluding hydrogens is 200 g/mol. The Balaban J connectivity index is 2.59. The van der Waals surface area contributed by atoms with Crippen LogP contribution in [0.3, 0.4) is 0 Å². The molecule has 1 aromatic carbocycles. The van der Waals surface area contributed by atoms with E-state index in [-0.39, 0.29) is 5.43 Å². The molecule has 0 spiro atoms. The summed E-state index contributed by atoms with van der Waals surface area (Å²) in [5.41, 5.74) is 2.08. The summed E-state index contributed by atoms with van der Waals surface area (Å²) in [6.45, 7) is 0.908. The molecule has 0 unspecified atom stereocenters. The maximum atomic E-state index is 12.1. The maximum Gasteiger partial charge on any atom is 0.207 e. The van der Waals surface area contributed by atoms with Crippen LogP contribution in [0, 0.1) is 11.3 Å². The topological polar surface area (TPSA) is 45.8 Å². The van der Waals surface area contributed by atoms with Crippen LogP contribution >= 0.6 is 0 Å². The highest BCUT2D eigenvalue weighted by molar-refractivity contribution is 5.81. The van der Waals surface area contributed by atoms with Crippen LogP contribution in [-0.2, 0) is 13.0 Å². The molecular formula is C13H10N2O. The second-order valence-electron chi connectivity index (χ2n) is 4.03. The summed E-state index contributed by atoms with van der Waals surface area (Å²) < 4.78 is 2.11. The van der Waals surface area contributed by atoms with Gasteiger partial charge in [0, 0.05) is 17.6 Å². The number of aromatic nitrogens is 1. The molecule has 0 atom stereocenters. The smallest absolute Gasteiger partial charge is 0.207 e. The third-order valence-electron chi connectivity index (χ3n) is 3.19. The Hall–Kier alpha value is -2.08. The second kappa shape index (κ2) is 3.21. The van der Waals surface area contributed by atoms with E-state index in [1.165, 1.54) is 0 Å². The first-order chi connectivity index (χ1) is 7.83. The van der Waals surface area contributed by atoms with Gasteiger partial charge >= 0.3 is 0 Å². The zero-order valence-electron chi connectivity index (χ0n) is 8.73. The van der Waals surface area contributed by atoms with Crippen LogP contribution < -0.4 is 5.43 Å². The molecule has 0 saturated carbocycles. The van der Waals surface area contributed by atoms with Gasteiger partial charge in [-0.15, -0.1) is 0 Å². The lowest BCUT2D eigenvalue weighted by atomic mass is 10.1. The zero-order chi connectivity index (χ0) is 11.1. The van der Waals surface area contributed by atoms with Gasteiger partial charge in [0.15, 0.2) is 0 Å². The van der Waals surface area contributed by atoms with Crippen molar-refractivity contribution in [2.45, 2.75) is 19.4 Å². The van der Waals surface area contributed by atoms with E-state index in [9.17, 15) is 4.79 Å². The van der Waals surface area contributed by atoms with E-state index in [0.717, 1.165) is 30.6 Å². The van der Waals surface area contributed by atoms with Crippen molar-refractivity contribution >= 4 is 10.9 Å². The molecule has 1 aliphatic heterocycles. The summed E-state index contributed by atoms with van der Waals surface area (Å²) in [5.74, 6) is 0. The summed E-state index contributed by atoms with van der Waals surface area (Å²) in [7, 11) is 0. The molecule has 0 N–H and O–H groups in total. The van der Waals surface area contributed by atoms with Crippen LogP contribution in [0.5, 0.6) is 0 Å². The molecule has 2 aromatic rings. The minimum Gasteiger partial charge on any atom is -0.343 e. The number of nitriles is 1. The van der Waals surface area contributed by atoms with Crippen molar-refractivity contribution in [1.29, 1.82) is 5.26 Å². The molecule has 0 bridgehead atoms. The average Bonchev–Trinajstić information content (AvgIpc) is 2.79. The fraction of sp³-hybridized carbons (Fsp3) is 0.231. The Morgan fingerprint density at radius 2 is 2.12 bits per heavy atom. The molecule has 1 aromatic heterocycles. The number of para-hydroxylation sites is 1. The van der Waals surface area contributed by atoms with Gasteiger partial charge in [0.05, 0.1) is 5.52 Å². The van der Waals surface area contributed by atoms with Crippen molar-refractivity contribution in [2.24, 2.45) is 0 Å². The Labute approximate surface area is 92.6 Å². The first kappa shape index (κ1) is 9.17. The number of hydrogen-bond donors (Lipinski definition) is 0. The standard InChI is InChI=1S/C13H10N2O/c14-8-10-12-6-3-7-15(12)11-5-2-1-4-9(11)13(10)16/h1-2,4-5H,3,6-7H2. The van der Waals surface area contributed by atoms with Gasteiger partial charge in [0.25, 0.3) is 0 Å². The monoisotopic (exact) mass is 210 g/mol. The van der Waals surface area contributed by atoms with Gasteiger partial charge in [-0.25, -0.2) is 0 Å². The predicted molar refractivity (Wildman–Crippen MR) is 61.2 cm³/mol. The van der Waals surface area contributed by atoms with E-state index in [1.54, 1.807) is 6.07 Å². The molecule has 0 aliphatic carbocycles. The van der Waals surface area contributed by atoms with Gasteiger partial charge in [-0.3, -0.25) is 4.79 Å². The minimum absolute atomic E-state index is 0.119. The fourth-order valence-electron chi connectivity index (χ4n) is 2.48. The lowest BCUT2D eigenvalue weighted by Crippen LogP contribution is -2.14. The summed E-state index contributed by atoms with van der Waals surface area (Å²) in [6.07, 6.45) is 1.85. The lowest BCUT2D eigenvalue weighted by molar-refractivity contribution is 0.768. The number of rotatable bonds is 0. The highest BCUT2D eigenvalue weighted by Crippen LogP contribution is 2.22. The summed E-state index contributed by atoms with van der Waals surface area (Å²) >= 11 is 0. The van der Waals surface area contributed by atoms with Gasteiger partial charge in [0.2, 0.25) is 5.43 Å². The molecule has 2 heterocycles. The summed E-state index contributed by atoms with van der Waals surface area (Å²) in [4.78, 5) is 12.1. The summed E-state index contributed by atoms with van der Waals surface area (Å²) in [5, 5.41) is 9.74. The molecule has 0 amide bonds. The van der Waals surface area contributed by atoms with Crippen LogP contribution in [0.4, 0.5) is 0 Å². The van der Waals surface area contributed by atoms with E-state index < -0.39 is 0 Å².